The Morgan fingerprint density at radius 2 is 1.46 bits per heavy atom. The van der Waals surface area contributed by atoms with Crippen LogP contribution in [0.25, 0.3) is 0 Å². The third kappa shape index (κ3) is 0.879. The Morgan fingerprint density at radius 3 is 1.92 bits per heavy atom. The molecule has 0 N–H and O–H groups in total. The van der Waals surface area contributed by atoms with Gasteiger partial charge in [-0.25, -0.2) is 0 Å². The molecule has 3 aliphatic rings. The van der Waals surface area contributed by atoms with Gasteiger partial charge in [0, 0.05) is 11.8 Å². The topological polar surface area (TPSA) is 46.7 Å². The van der Waals surface area contributed by atoms with E-state index in [0.29, 0.717) is 0 Å². The molecule has 0 aromatic heterocycles. The third-order valence-electron chi connectivity index (χ3n) is 3.22. The number of carbonyl (C=O) groups excluding carboxylic acids is 2. The quantitative estimate of drug-likeness (QED) is 0.400. The van der Waals surface area contributed by atoms with E-state index in [1.54, 1.807) is 0 Å². The zero-order valence-corrected chi connectivity index (χ0v) is 7.10. The number of hydrogen-bond donors (Lipinski definition) is 0. The van der Waals surface area contributed by atoms with Crippen LogP contribution < -0.4 is 0 Å². The van der Waals surface area contributed by atoms with Crippen molar-refractivity contribution in [2.24, 2.45) is 11.8 Å². The lowest BCUT2D eigenvalue weighted by Crippen LogP contribution is -2.41. The second kappa shape index (κ2) is 2.29. The summed E-state index contributed by atoms with van der Waals surface area (Å²) in [7, 11) is 0. The van der Waals surface area contributed by atoms with Gasteiger partial charge in [-0.2, -0.15) is 0 Å². The van der Waals surface area contributed by atoms with Crippen LogP contribution >= 0.6 is 0 Å². The number of ether oxygens (including phenoxy) is 1. The lowest BCUT2D eigenvalue weighted by atomic mass is 9.72. The molecule has 1 saturated carbocycles. The zero-order chi connectivity index (χ0) is 9.00. The first kappa shape index (κ1) is 7.44. The van der Waals surface area contributed by atoms with E-state index in [4.69, 9.17) is 4.74 Å². The molecule has 0 aromatic carbocycles. The van der Waals surface area contributed by atoms with E-state index in [9.17, 15) is 9.59 Å². The molecular formula is C10H10O3. The van der Waals surface area contributed by atoms with Crippen molar-refractivity contribution >= 4 is 11.6 Å². The van der Waals surface area contributed by atoms with Crippen LogP contribution in [0.15, 0.2) is 12.2 Å². The van der Waals surface area contributed by atoms with Crippen molar-refractivity contribution in [1.29, 1.82) is 0 Å². The molecule has 3 nitrogen and oxygen atoms in total. The van der Waals surface area contributed by atoms with Crippen molar-refractivity contribution in [3.05, 3.63) is 12.2 Å². The maximum absolute atomic E-state index is 11.6. The minimum Gasteiger partial charge on any atom is -0.353 e. The Kier molecular flexibility index (Phi) is 1.31. The largest absolute Gasteiger partial charge is 0.353 e. The normalized spacial score (nSPS) is 47.1. The molecule has 3 rings (SSSR count). The molecule has 3 heteroatoms. The van der Waals surface area contributed by atoms with E-state index in [2.05, 4.69) is 0 Å². The first-order valence-electron chi connectivity index (χ1n) is 4.67. The van der Waals surface area contributed by atoms with Gasteiger partial charge < -0.3 is 4.74 Å². The summed E-state index contributed by atoms with van der Waals surface area (Å²) in [6.45, 7) is 0. The SMILES string of the molecule is O=C1C2CC=CCC2C(=O)C2OC12. The summed E-state index contributed by atoms with van der Waals surface area (Å²) < 4.78 is 5.07. The summed E-state index contributed by atoms with van der Waals surface area (Å²) in [5.74, 6) is 0.139. The number of epoxide rings is 1. The van der Waals surface area contributed by atoms with Gasteiger partial charge in [0.2, 0.25) is 0 Å². The molecular weight excluding hydrogens is 168 g/mol. The number of ketones is 2. The van der Waals surface area contributed by atoms with Crippen molar-refractivity contribution in [3.63, 3.8) is 0 Å². The highest BCUT2D eigenvalue weighted by atomic mass is 16.6. The Labute approximate surface area is 75.8 Å². The molecule has 2 aliphatic carbocycles. The fourth-order valence-electron chi connectivity index (χ4n) is 2.41. The van der Waals surface area contributed by atoms with Crippen LogP contribution in [0.5, 0.6) is 0 Å². The second-order valence-electron chi connectivity index (χ2n) is 3.94. The molecule has 1 aliphatic heterocycles. The highest BCUT2D eigenvalue weighted by molar-refractivity contribution is 6.05. The lowest BCUT2D eigenvalue weighted by Gasteiger charge is -2.27. The fraction of sp³-hybridized carbons (Fsp3) is 0.600. The van der Waals surface area contributed by atoms with E-state index in [-0.39, 0.29) is 35.6 Å². The van der Waals surface area contributed by atoms with Crippen LogP contribution in [-0.4, -0.2) is 23.8 Å². The van der Waals surface area contributed by atoms with E-state index in [1.165, 1.54) is 0 Å². The second-order valence-corrected chi connectivity index (χ2v) is 3.94. The van der Waals surface area contributed by atoms with Crippen LogP contribution in [0.2, 0.25) is 0 Å². The van der Waals surface area contributed by atoms with Gasteiger partial charge in [-0.15, -0.1) is 0 Å². The highest BCUT2D eigenvalue weighted by Gasteiger charge is 2.59. The zero-order valence-electron chi connectivity index (χ0n) is 7.10. The van der Waals surface area contributed by atoms with Gasteiger partial charge in [0.05, 0.1) is 0 Å². The van der Waals surface area contributed by atoms with Crippen molar-refractivity contribution in [1.82, 2.24) is 0 Å². The molecule has 2 fully saturated rings. The van der Waals surface area contributed by atoms with Crippen LogP contribution in [0.1, 0.15) is 12.8 Å². The van der Waals surface area contributed by atoms with E-state index in [0.717, 1.165) is 12.8 Å². The van der Waals surface area contributed by atoms with Gasteiger partial charge in [0.15, 0.2) is 23.8 Å². The van der Waals surface area contributed by atoms with Gasteiger partial charge in [-0.1, -0.05) is 12.2 Å². The number of Topliss-reactive ketones (excluding diaryl/α,β-unsaturated/α-hetero) is 2. The van der Waals surface area contributed by atoms with Gasteiger partial charge >= 0.3 is 0 Å². The number of carbonyl (C=O) groups is 2. The van der Waals surface area contributed by atoms with Crippen LogP contribution in [0.4, 0.5) is 0 Å². The molecule has 0 spiro atoms. The van der Waals surface area contributed by atoms with Gasteiger partial charge in [-0.05, 0) is 12.8 Å². The molecule has 68 valence electrons. The Bertz CT molecular complexity index is 288. The van der Waals surface area contributed by atoms with E-state index in [1.807, 2.05) is 12.2 Å². The predicted molar refractivity (Wildman–Crippen MR) is 44.0 cm³/mol. The van der Waals surface area contributed by atoms with Crippen molar-refractivity contribution < 1.29 is 14.3 Å². The summed E-state index contributed by atoms with van der Waals surface area (Å²) in [5.41, 5.74) is 0. The summed E-state index contributed by atoms with van der Waals surface area (Å²) in [4.78, 5) is 23.3. The Morgan fingerprint density at radius 1 is 1.00 bits per heavy atom. The Balaban J connectivity index is 1.97. The Hall–Kier alpha value is -0.960. The summed E-state index contributed by atoms with van der Waals surface area (Å²) in [6.07, 6.45) is 4.69. The van der Waals surface area contributed by atoms with E-state index >= 15 is 0 Å². The molecule has 0 radical (unpaired) electrons. The monoisotopic (exact) mass is 178 g/mol. The minimum atomic E-state index is -0.375. The van der Waals surface area contributed by atoms with Crippen LogP contribution in [0.3, 0.4) is 0 Å². The average Bonchev–Trinajstić information content (AvgIpc) is 2.94. The first-order valence-corrected chi connectivity index (χ1v) is 4.67. The maximum Gasteiger partial charge on any atom is 0.168 e. The van der Waals surface area contributed by atoms with Crippen molar-refractivity contribution in [2.75, 3.05) is 0 Å². The van der Waals surface area contributed by atoms with Crippen LogP contribution in [0, 0.1) is 11.8 Å². The molecule has 4 unspecified atom stereocenters. The fourth-order valence-corrected chi connectivity index (χ4v) is 2.41. The number of allylic oxidation sites excluding steroid dienone is 2. The molecule has 13 heavy (non-hydrogen) atoms. The summed E-state index contributed by atoms with van der Waals surface area (Å²) >= 11 is 0. The molecule has 0 bridgehead atoms. The molecule has 0 amide bonds. The lowest BCUT2D eigenvalue weighted by molar-refractivity contribution is -0.135. The van der Waals surface area contributed by atoms with Gasteiger partial charge in [0.25, 0.3) is 0 Å². The van der Waals surface area contributed by atoms with Gasteiger partial charge in [0.1, 0.15) is 0 Å². The summed E-state index contributed by atoms with van der Waals surface area (Å²) in [5, 5.41) is 0. The predicted octanol–water partition coefficient (Wildman–Crippen LogP) is 0.488. The standard InChI is InChI=1S/C10H10O3/c11-7-5-3-1-2-4-6(5)8(12)10-9(7)13-10/h1-2,5-6,9-10H,3-4H2. The molecule has 4 atom stereocenters. The average molecular weight is 178 g/mol. The smallest absolute Gasteiger partial charge is 0.168 e. The maximum atomic E-state index is 11.6. The number of fused-ring (bicyclic) bond motifs is 2. The summed E-state index contributed by atoms with van der Waals surface area (Å²) in [6, 6.07) is 0. The molecule has 1 heterocycles. The van der Waals surface area contributed by atoms with E-state index < -0.39 is 0 Å². The minimum absolute atomic E-state index is 0.0822. The van der Waals surface area contributed by atoms with Crippen molar-refractivity contribution in [3.8, 4) is 0 Å². The highest BCUT2D eigenvalue weighted by Crippen LogP contribution is 2.42. The molecule has 1 saturated heterocycles. The van der Waals surface area contributed by atoms with Crippen LogP contribution in [-0.2, 0) is 14.3 Å². The first-order chi connectivity index (χ1) is 6.29. The van der Waals surface area contributed by atoms with Crippen molar-refractivity contribution in [2.45, 2.75) is 25.0 Å². The van der Waals surface area contributed by atoms with Gasteiger partial charge in [-0.3, -0.25) is 9.59 Å². The number of hydrogen-bond acceptors (Lipinski definition) is 3. The molecule has 0 aromatic rings. The third-order valence-corrected chi connectivity index (χ3v) is 3.22. The number of rotatable bonds is 0.